The summed E-state index contributed by atoms with van der Waals surface area (Å²) in [6, 6.07) is 0. The second kappa shape index (κ2) is 4.82. The van der Waals surface area contributed by atoms with E-state index in [9.17, 15) is 9.59 Å². The number of rotatable bonds is 3. The maximum atomic E-state index is 11.7. The third-order valence-electron chi connectivity index (χ3n) is 2.74. The van der Waals surface area contributed by atoms with Crippen molar-refractivity contribution in [3.05, 3.63) is 11.5 Å². The Morgan fingerprint density at radius 2 is 2.11 bits per heavy atom. The topological polar surface area (TPSA) is 80.3 Å². The molecule has 2 rings (SSSR count). The molecule has 2 atom stereocenters. The number of hydrogen-bond acceptors (Lipinski definition) is 7. The molecule has 7 heteroatoms. The smallest absolute Gasteiger partial charge is 0.378 e. The van der Waals surface area contributed by atoms with Crippen molar-refractivity contribution in [2.24, 2.45) is 0 Å². The first-order valence-electron chi connectivity index (χ1n) is 5.83. The van der Waals surface area contributed by atoms with Crippen LogP contribution in [-0.4, -0.2) is 43.7 Å². The van der Waals surface area contributed by atoms with Gasteiger partial charge in [-0.25, -0.2) is 4.79 Å². The minimum absolute atomic E-state index is 0.145. The van der Waals surface area contributed by atoms with Crippen LogP contribution in [0, 0.1) is 0 Å². The highest BCUT2D eigenvalue weighted by Crippen LogP contribution is 2.33. The van der Waals surface area contributed by atoms with Gasteiger partial charge in [-0.3, -0.25) is 4.79 Å². The Hall–Kier alpha value is -1.60. The molecule has 2 aliphatic heterocycles. The lowest BCUT2D eigenvalue weighted by Gasteiger charge is -2.21. The van der Waals surface area contributed by atoms with E-state index >= 15 is 0 Å². The predicted molar refractivity (Wildman–Crippen MR) is 60.6 cm³/mol. The first-order valence-corrected chi connectivity index (χ1v) is 5.83. The fraction of sp³-hybridized carbons (Fsp3) is 0.667. The summed E-state index contributed by atoms with van der Waals surface area (Å²) in [5, 5.41) is 0. The summed E-state index contributed by atoms with van der Waals surface area (Å²) in [5.41, 5.74) is 0. The molecular formula is C12H16O7. The SMILES string of the molecule is COC1=C(OC(C)=O)C(=O)O[C@@H]1[C@@H]1COC(C)(C)O1. The van der Waals surface area contributed by atoms with Crippen molar-refractivity contribution in [1.29, 1.82) is 0 Å². The van der Waals surface area contributed by atoms with Crippen LogP contribution in [0.15, 0.2) is 11.5 Å². The van der Waals surface area contributed by atoms with Crippen molar-refractivity contribution in [2.45, 2.75) is 38.8 Å². The molecular weight excluding hydrogens is 256 g/mol. The maximum absolute atomic E-state index is 11.7. The van der Waals surface area contributed by atoms with Crippen LogP contribution in [0.4, 0.5) is 0 Å². The second-order valence-electron chi connectivity index (χ2n) is 4.68. The Bertz CT molecular complexity index is 437. The van der Waals surface area contributed by atoms with E-state index < -0.39 is 29.9 Å². The quantitative estimate of drug-likeness (QED) is 0.691. The van der Waals surface area contributed by atoms with Gasteiger partial charge >= 0.3 is 11.9 Å². The van der Waals surface area contributed by atoms with Gasteiger partial charge in [-0.2, -0.15) is 0 Å². The van der Waals surface area contributed by atoms with Crippen LogP contribution in [0.1, 0.15) is 20.8 Å². The molecule has 1 saturated heterocycles. The number of carbonyl (C=O) groups is 2. The summed E-state index contributed by atoms with van der Waals surface area (Å²) in [6.45, 7) is 4.96. The summed E-state index contributed by atoms with van der Waals surface area (Å²) in [6.07, 6.45) is -1.27. The molecule has 106 valence electrons. The van der Waals surface area contributed by atoms with Crippen molar-refractivity contribution in [2.75, 3.05) is 13.7 Å². The zero-order chi connectivity index (χ0) is 14.2. The molecule has 19 heavy (non-hydrogen) atoms. The van der Waals surface area contributed by atoms with Gasteiger partial charge in [-0.05, 0) is 13.8 Å². The molecule has 2 aliphatic rings. The number of methoxy groups -OCH3 is 1. The van der Waals surface area contributed by atoms with E-state index in [0.717, 1.165) is 0 Å². The fourth-order valence-electron chi connectivity index (χ4n) is 2.01. The Balaban J connectivity index is 2.21. The summed E-state index contributed by atoms with van der Waals surface area (Å²) in [4.78, 5) is 22.6. The lowest BCUT2D eigenvalue weighted by atomic mass is 10.2. The molecule has 0 aliphatic carbocycles. The fourth-order valence-corrected chi connectivity index (χ4v) is 2.01. The van der Waals surface area contributed by atoms with Crippen molar-refractivity contribution in [3.63, 3.8) is 0 Å². The van der Waals surface area contributed by atoms with E-state index in [1.165, 1.54) is 14.0 Å². The van der Waals surface area contributed by atoms with E-state index in [2.05, 4.69) is 0 Å². The first kappa shape index (κ1) is 13.8. The van der Waals surface area contributed by atoms with Crippen molar-refractivity contribution in [3.8, 4) is 0 Å². The highest BCUT2D eigenvalue weighted by molar-refractivity contribution is 5.92. The van der Waals surface area contributed by atoms with Gasteiger partial charge in [0.25, 0.3) is 5.76 Å². The largest absolute Gasteiger partial charge is 0.493 e. The van der Waals surface area contributed by atoms with Crippen LogP contribution < -0.4 is 0 Å². The monoisotopic (exact) mass is 272 g/mol. The third kappa shape index (κ3) is 2.71. The number of carbonyl (C=O) groups excluding carboxylic acids is 2. The molecule has 7 nitrogen and oxygen atoms in total. The summed E-state index contributed by atoms with van der Waals surface area (Å²) in [5.74, 6) is -2.20. The van der Waals surface area contributed by atoms with E-state index in [1.807, 2.05) is 0 Å². The van der Waals surface area contributed by atoms with Gasteiger partial charge in [0.05, 0.1) is 13.7 Å². The molecule has 1 fully saturated rings. The number of hydrogen-bond donors (Lipinski definition) is 0. The van der Waals surface area contributed by atoms with E-state index in [0.29, 0.717) is 0 Å². The van der Waals surface area contributed by atoms with Crippen LogP contribution in [0.5, 0.6) is 0 Å². The lowest BCUT2D eigenvalue weighted by molar-refractivity contribution is -0.164. The molecule has 0 aromatic carbocycles. The summed E-state index contributed by atoms with van der Waals surface area (Å²) >= 11 is 0. The Kier molecular flexibility index (Phi) is 3.51. The molecule has 0 spiro atoms. The lowest BCUT2D eigenvalue weighted by Crippen LogP contribution is -2.33. The molecule has 0 unspecified atom stereocenters. The molecule has 0 aromatic heterocycles. The van der Waals surface area contributed by atoms with E-state index in [4.69, 9.17) is 23.7 Å². The first-order chi connectivity index (χ1) is 8.84. The van der Waals surface area contributed by atoms with Gasteiger partial charge in [0.1, 0.15) is 6.10 Å². The van der Waals surface area contributed by atoms with Gasteiger partial charge in [-0.1, -0.05) is 0 Å². The molecule has 2 heterocycles. The minimum Gasteiger partial charge on any atom is -0.493 e. The molecule has 0 bridgehead atoms. The van der Waals surface area contributed by atoms with Crippen LogP contribution in [0.25, 0.3) is 0 Å². The molecule has 0 saturated carbocycles. The Labute approximate surface area is 110 Å². The van der Waals surface area contributed by atoms with Crippen LogP contribution in [0.3, 0.4) is 0 Å². The van der Waals surface area contributed by atoms with Crippen molar-refractivity contribution < 1.29 is 33.3 Å². The van der Waals surface area contributed by atoms with Gasteiger partial charge in [0, 0.05) is 6.92 Å². The van der Waals surface area contributed by atoms with Crippen LogP contribution in [0.2, 0.25) is 0 Å². The molecule has 0 radical (unpaired) electrons. The zero-order valence-corrected chi connectivity index (χ0v) is 11.2. The molecule has 0 aromatic rings. The maximum Gasteiger partial charge on any atom is 0.378 e. The average Bonchev–Trinajstić information content (AvgIpc) is 2.80. The zero-order valence-electron chi connectivity index (χ0n) is 11.2. The van der Waals surface area contributed by atoms with Crippen LogP contribution >= 0.6 is 0 Å². The van der Waals surface area contributed by atoms with Crippen molar-refractivity contribution in [1.82, 2.24) is 0 Å². The van der Waals surface area contributed by atoms with Crippen molar-refractivity contribution >= 4 is 11.9 Å². The molecule has 0 N–H and O–H groups in total. The van der Waals surface area contributed by atoms with E-state index in [1.54, 1.807) is 13.8 Å². The number of esters is 2. The van der Waals surface area contributed by atoms with E-state index in [-0.39, 0.29) is 18.1 Å². The van der Waals surface area contributed by atoms with Gasteiger partial charge < -0.3 is 23.7 Å². The van der Waals surface area contributed by atoms with Gasteiger partial charge in [-0.15, -0.1) is 0 Å². The molecule has 0 amide bonds. The average molecular weight is 272 g/mol. The highest BCUT2D eigenvalue weighted by Gasteiger charge is 2.48. The highest BCUT2D eigenvalue weighted by atomic mass is 16.8. The summed E-state index contributed by atoms with van der Waals surface area (Å²) < 4.78 is 26.1. The van der Waals surface area contributed by atoms with Gasteiger partial charge in [0.15, 0.2) is 17.7 Å². The number of cyclic esters (lactones) is 1. The Morgan fingerprint density at radius 1 is 1.42 bits per heavy atom. The summed E-state index contributed by atoms with van der Waals surface area (Å²) in [7, 11) is 1.37. The minimum atomic E-state index is -0.770. The normalized spacial score (nSPS) is 29.4. The Morgan fingerprint density at radius 3 is 2.58 bits per heavy atom. The number of ether oxygens (including phenoxy) is 5. The standard InChI is InChI=1S/C12H16O7/c1-6(13)17-10-9(15-4)8(18-11(10)14)7-5-16-12(2,3)19-7/h7-8H,5H2,1-4H3/t7-,8+/m0/s1. The van der Waals surface area contributed by atoms with Crippen LogP contribution in [-0.2, 0) is 33.3 Å². The third-order valence-corrected chi connectivity index (χ3v) is 2.74. The predicted octanol–water partition coefficient (Wildman–Crippen LogP) is 0.484. The van der Waals surface area contributed by atoms with Gasteiger partial charge in [0.2, 0.25) is 0 Å². The second-order valence-corrected chi connectivity index (χ2v) is 4.68.